The number of hydrogen-bond acceptors (Lipinski definition) is 8. The number of H-pyrrole nitrogens is 1. The third-order valence-electron chi connectivity index (χ3n) is 4.88. The van der Waals surface area contributed by atoms with Crippen LogP contribution >= 0.6 is 0 Å². The number of aromatic amines is 1. The number of hydrogen-bond donors (Lipinski definition) is 2. The van der Waals surface area contributed by atoms with Crippen molar-refractivity contribution in [2.75, 3.05) is 39.3 Å². The first kappa shape index (κ1) is 23.5. The summed E-state index contributed by atoms with van der Waals surface area (Å²) in [4.78, 5) is 41.0. The van der Waals surface area contributed by atoms with E-state index in [1.807, 2.05) is 6.92 Å². The van der Waals surface area contributed by atoms with Gasteiger partial charge in [0.15, 0.2) is 15.6 Å². The fourth-order valence-electron chi connectivity index (χ4n) is 2.95. The van der Waals surface area contributed by atoms with Crippen LogP contribution in [0.3, 0.4) is 0 Å². The van der Waals surface area contributed by atoms with Crippen LogP contribution in [0.15, 0.2) is 38.8 Å². The number of carbonyl (C=O) groups excluding carboxylic acids is 1. The zero-order valence-electron chi connectivity index (χ0n) is 17.3. The van der Waals surface area contributed by atoms with Gasteiger partial charge < -0.3 is 10.5 Å². The molecule has 0 saturated carbocycles. The SMILES string of the molecule is COCCn1c(N)c(C(=O)CN(C)C(C)c2ccc(S(C)(=O)=O)cc2)c(=O)[nH]c1=O. The number of nitrogens with one attached hydrogen (secondary N) is 1. The minimum atomic E-state index is -3.30. The van der Waals surface area contributed by atoms with Crippen molar-refractivity contribution in [2.24, 2.45) is 0 Å². The summed E-state index contributed by atoms with van der Waals surface area (Å²) >= 11 is 0. The summed E-state index contributed by atoms with van der Waals surface area (Å²) in [6.07, 6.45) is 1.13. The molecule has 1 aromatic carbocycles. The number of Topliss-reactive ketones (excluding diaryl/α,β-unsaturated/α-hetero) is 1. The van der Waals surface area contributed by atoms with Crippen LogP contribution in [0.4, 0.5) is 5.82 Å². The van der Waals surface area contributed by atoms with Crippen molar-refractivity contribution >= 4 is 21.4 Å². The summed E-state index contributed by atoms with van der Waals surface area (Å²) in [6, 6.07) is 6.11. The Morgan fingerprint density at radius 3 is 2.40 bits per heavy atom. The highest BCUT2D eigenvalue weighted by atomic mass is 32.2. The van der Waals surface area contributed by atoms with E-state index in [1.165, 1.54) is 19.2 Å². The van der Waals surface area contributed by atoms with Gasteiger partial charge in [-0.3, -0.25) is 24.0 Å². The highest BCUT2D eigenvalue weighted by Gasteiger charge is 2.23. The van der Waals surface area contributed by atoms with Gasteiger partial charge in [-0.2, -0.15) is 0 Å². The molecular formula is C19H26N4O6S. The van der Waals surface area contributed by atoms with E-state index in [-0.39, 0.29) is 42.0 Å². The number of benzene rings is 1. The topological polar surface area (TPSA) is 145 Å². The predicted molar refractivity (Wildman–Crippen MR) is 113 cm³/mol. The zero-order valence-corrected chi connectivity index (χ0v) is 18.2. The molecule has 0 spiro atoms. The van der Waals surface area contributed by atoms with Crippen LogP contribution in [0.1, 0.15) is 28.9 Å². The third kappa shape index (κ3) is 5.23. The lowest BCUT2D eigenvalue weighted by Gasteiger charge is -2.24. The van der Waals surface area contributed by atoms with Crippen LogP contribution in [0, 0.1) is 0 Å². The lowest BCUT2D eigenvalue weighted by Crippen LogP contribution is -2.39. The maximum Gasteiger partial charge on any atom is 0.330 e. The van der Waals surface area contributed by atoms with Crippen LogP contribution in [-0.2, 0) is 21.1 Å². The summed E-state index contributed by atoms with van der Waals surface area (Å²) in [5.74, 6) is -0.744. The Balaban J connectivity index is 2.25. The first-order valence-electron chi connectivity index (χ1n) is 9.12. The van der Waals surface area contributed by atoms with E-state index in [9.17, 15) is 22.8 Å². The average Bonchev–Trinajstić information content (AvgIpc) is 2.66. The summed E-state index contributed by atoms with van der Waals surface area (Å²) in [5.41, 5.74) is 4.91. The number of nitrogens with two attached hydrogens (primary N) is 1. The number of sulfone groups is 1. The smallest absolute Gasteiger partial charge is 0.330 e. The number of ether oxygens (including phenoxy) is 1. The molecule has 30 heavy (non-hydrogen) atoms. The molecular weight excluding hydrogens is 412 g/mol. The lowest BCUT2D eigenvalue weighted by molar-refractivity contribution is 0.0923. The van der Waals surface area contributed by atoms with Crippen molar-refractivity contribution in [2.45, 2.75) is 24.4 Å². The molecule has 164 valence electrons. The molecule has 0 aliphatic heterocycles. The molecule has 3 N–H and O–H groups in total. The molecule has 11 heteroatoms. The van der Waals surface area contributed by atoms with Crippen LogP contribution in [0.5, 0.6) is 0 Å². The number of anilines is 1. The Kier molecular flexibility index (Phi) is 7.34. The number of nitrogen functional groups attached to an aromatic ring is 1. The number of carbonyl (C=O) groups is 1. The lowest BCUT2D eigenvalue weighted by atomic mass is 10.1. The van der Waals surface area contributed by atoms with Gasteiger partial charge in [0.25, 0.3) is 5.56 Å². The predicted octanol–water partition coefficient (Wildman–Crippen LogP) is 0.0444. The van der Waals surface area contributed by atoms with Crippen LogP contribution in [0.25, 0.3) is 0 Å². The van der Waals surface area contributed by atoms with Crippen LogP contribution in [-0.4, -0.2) is 62.2 Å². The Morgan fingerprint density at radius 2 is 1.87 bits per heavy atom. The second-order valence-corrected chi connectivity index (χ2v) is 9.04. The molecule has 1 aromatic heterocycles. The van der Waals surface area contributed by atoms with Crippen molar-refractivity contribution in [3.63, 3.8) is 0 Å². The van der Waals surface area contributed by atoms with Crippen molar-refractivity contribution in [3.05, 3.63) is 56.2 Å². The molecule has 1 unspecified atom stereocenters. The molecule has 0 radical (unpaired) electrons. The zero-order chi connectivity index (χ0) is 22.6. The largest absolute Gasteiger partial charge is 0.384 e. The maximum absolute atomic E-state index is 12.8. The second kappa shape index (κ2) is 9.37. The van der Waals surface area contributed by atoms with E-state index in [0.717, 1.165) is 16.4 Å². The summed E-state index contributed by atoms with van der Waals surface area (Å²) < 4.78 is 29.2. The molecule has 0 aliphatic carbocycles. The number of rotatable bonds is 9. The van der Waals surface area contributed by atoms with Gasteiger partial charge in [-0.25, -0.2) is 13.2 Å². The first-order chi connectivity index (χ1) is 14.0. The fraction of sp³-hybridized carbons (Fsp3) is 0.421. The Labute approximate surface area is 174 Å². The maximum atomic E-state index is 12.8. The number of aromatic nitrogens is 2. The summed E-state index contributed by atoms with van der Waals surface area (Å²) in [6.45, 7) is 1.99. The number of nitrogens with zero attached hydrogens (tertiary/aromatic N) is 2. The monoisotopic (exact) mass is 438 g/mol. The molecule has 1 atom stereocenters. The van der Waals surface area contributed by atoms with E-state index in [4.69, 9.17) is 10.5 Å². The van der Waals surface area contributed by atoms with Gasteiger partial charge in [0.05, 0.1) is 24.6 Å². The first-order valence-corrected chi connectivity index (χ1v) is 11.0. The molecule has 2 aromatic rings. The number of likely N-dealkylation sites (N-methyl/N-ethyl adjacent to an activating group) is 1. The highest BCUT2D eigenvalue weighted by molar-refractivity contribution is 7.90. The molecule has 10 nitrogen and oxygen atoms in total. The van der Waals surface area contributed by atoms with E-state index in [0.29, 0.717) is 0 Å². The van der Waals surface area contributed by atoms with Gasteiger partial charge in [0.2, 0.25) is 0 Å². The molecule has 1 heterocycles. The molecule has 0 amide bonds. The summed E-state index contributed by atoms with van der Waals surface area (Å²) in [7, 11) is -0.152. The quantitative estimate of drug-likeness (QED) is 0.522. The number of ketones is 1. The number of methoxy groups -OCH3 is 1. The molecule has 0 fully saturated rings. The average molecular weight is 439 g/mol. The molecule has 2 rings (SSSR count). The Morgan fingerprint density at radius 1 is 1.27 bits per heavy atom. The highest BCUT2D eigenvalue weighted by Crippen LogP contribution is 2.21. The van der Waals surface area contributed by atoms with Crippen molar-refractivity contribution < 1.29 is 17.9 Å². The summed E-state index contributed by atoms with van der Waals surface area (Å²) in [5, 5.41) is 0. The van der Waals surface area contributed by atoms with Crippen molar-refractivity contribution in [1.82, 2.24) is 14.5 Å². The standard InChI is InChI=1S/C19H26N4O6S/c1-12(13-5-7-14(8-6-13)30(4,27)28)22(2)11-15(24)16-17(20)23(9-10-29-3)19(26)21-18(16)25/h5-8,12H,9-11,20H2,1-4H3,(H,21,25,26). The Bertz CT molecular complexity index is 1140. The van der Waals surface area contributed by atoms with Crippen LogP contribution in [0.2, 0.25) is 0 Å². The van der Waals surface area contributed by atoms with Gasteiger partial charge in [0, 0.05) is 19.4 Å². The van der Waals surface area contributed by atoms with E-state index >= 15 is 0 Å². The van der Waals surface area contributed by atoms with Gasteiger partial charge >= 0.3 is 5.69 Å². The molecule has 0 aliphatic rings. The second-order valence-electron chi connectivity index (χ2n) is 7.02. The van der Waals surface area contributed by atoms with Gasteiger partial charge in [-0.05, 0) is 31.7 Å². The molecule has 0 bridgehead atoms. The minimum Gasteiger partial charge on any atom is -0.384 e. The molecule has 0 saturated heterocycles. The van der Waals surface area contributed by atoms with Crippen molar-refractivity contribution in [1.29, 1.82) is 0 Å². The van der Waals surface area contributed by atoms with E-state index in [1.54, 1.807) is 24.1 Å². The van der Waals surface area contributed by atoms with Gasteiger partial charge in [-0.1, -0.05) is 12.1 Å². The minimum absolute atomic E-state index is 0.0944. The fourth-order valence-corrected chi connectivity index (χ4v) is 3.58. The van der Waals surface area contributed by atoms with Gasteiger partial charge in [0.1, 0.15) is 11.4 Å². The normalized spacial score (nSPS) is 12.8. The van der Waals surface area contributed by atoms with E-state index < -0.39 is 26.9 Å². The van der Waals surface area contributed by atoms with Crippen LogP contribution < -0.4 is 17.0 Å². The van der Waals surface area contributed by atoms with Gasteiger partial charge in [-0.15, -0.1) is 0 Å². The van der Waals surface area contributed by atoms with Crippen molar-refractivity contribution in [3.8, 4) is 0 Å². The Hall–Kier alpha value is -2.76. The third-order valence-corrected chi connectivity index (χ3v) is 6.01. The van der Waals surface area contributed by atoms with E-state index in [2.05, 4.69) is 4.98 Å².